The summed E-state index contributed by atoms with van der Waals surface area (Å²) in [6, 6.07) is 7.08. The van der Waals surface area contributed by atoms with Gasteiger partial charge in [-0.3, -0.25) is 14.4 Å². The van der Waals surface area contributed by atoms with E-state index in [1.807, 2.05) is 18.2 Å². The second-order valence-corrected chi connectivity index (χ2v) is 8.33. The van der Waals surface area contributed by atoms with E-state index in [2.05, 4.69) is 15.6 Å². The van der Waals surface area contributed by atoms with Gasteiger partial charge in [0.25, 0.3) is 11.8 Å². The molecule has 9 heteroatoms. The summed E-state index contributed by atoms with van der Waals surface area (Å²) in [5.74, 6) is 0.249. The molecule has 2 aromatic rings. The zero-order valence-corrected chi connectivity index (χ0v) is 18.6. The molecule has 1 fully saturated rings. The van der Waals surface area contributed by atoms with Crippen molar-refractivity contribution in [2.45, 2.75) is 26.2 Å². The number of aromatic nitrogens is 1. The molecule has 9 nitrogen and oxygen atoms in total. The van der Waals surface area contributed by atoms with Crippen LogP contribution in [0.15, 0.2) is 47.2 Å². The Balaban J connectivity index is 1.46. The summed E-state index contributed by atoms with van der Waals surface area (Å²) in [4.78, 5) is 44.1. The van der Waals surface area contributed by atoms with E-state index in [-0.39, 0.29) is 30.1 Å². The van der Waals surface area contributed by atoms with Gasteiger partial charge in [0.05, 0.1) is 16.7 Å². The zero-order valence-electron chi connectivity index (χ0n) is 18.6. The zero-order chi connectivity index (χ0) is 23.3. The van der Waals surface area contributed by atoms with Gasteiger partial charge in [0.1, 0.15) is 12.4 Å². The second kappa shape index (κ2) is 9.89. The summed E-state index contributed by atoms with van der Waals surface area (Å²) < 4.78 is 11.0. The van der Waals surface area contributed by atoms with E-state index >= 15 is 0 Å². The molecule has 2 aliphatic heterocycles. The molecule has 2 aliphatic rings. The van der Waals surface area contributed by atoms with E-state index in [4.69, 9.17) is 9.15 Å². The number of ether oxygens (including phenoxy) is 1. The van der Waals surface area contributed by atoms with Gasteiger partial charge in [0, 0.05) is 26.2 Å². The highest BCUT2D eigenvalue weighted by Crippen LogP contribution is 2.36. The first-order valence-corrected chi connectivity index (χ1v) is 11.1. The molecule has 0 radical (unpaired) electrons. The molecule has 1 spiro atoms. The normalized spacial score (nSPS) is 20.1. The smallest absolute Gasteiger partial charge is 0.291 e. The minimum Gasteiger partial charge on any atom is -0.489 e. The maximum atomic E-state index is 13.2. The topological polar surface area (TPSA) is 114 Å². The van der Waals surface area contributed by atoms with Gasteiger partial charge < -0.3 is 24.7 Å². The highest BCUT2D eigenvalue weighted by atomic mass is 16.5. The van der Waals surface area contributed by atoms with Gasteiger partial charge in [0.2, 0.25) is 11.7 Å². The summed E-state index contributed by atoms with van der Waals surface area (Å²) in [7, 11) is 0. The molecular weight excluding hydrogens is 424 g/mol. The Morgan fingerprint density at radius 2 is 1.85 bits per heavy atom. The van der Waals surface area contributed by atoms with Crippen molar-refractivity contribution in [3.8, 4) is 5.75 Å². The Morgan fingerprint density at radius 1 is 1.09 bits per heavy atom. The Bertz CT molecular complexity index is 1050. The van der Waals surface area contributed by atoms with Gasteiger partial charge in [-0.1, -0.05) is 24.3 Å². The van der Waals surface area contributed by atoms with Crippen LogP contribution in [0.2, 0.25) is 0 Å². The number of hydrogen-bond acceptors (Lipinski definition) is 6. The number of nitrogens with zero attached hydrogens (tertiary/aromatic N) is 2. The highest BCUT2D eigenvalue weighted by Gasteiger charge is 2.41. The van der Waals surface area contributed by atoms with Crippen molar-refractivity contribution in [1.82, 2.24) is 20.5 Å². The number of nitrogens with one attached hydrogen (secondary N) is 2. The van der Waals surface area contributed by atoms with Crippen LogP contribution in [0.25, 0.3) is 0 Å². The molecule has 4 rings (SSSR count). The van der Waals surface area contributed by atoms with Gasteiger partial charge in [0.15, 0.2) is 6.39 Å². The molecule has 3 heterocycles. The lowest BCUT2D eigenvalue weighted by atomic mass is 9.74. The number of aryl methyl sites for hydroxylation is 1. The first kappa shape index (κ1) is 22.6. The average Bonchev–Trinajstić information content (AvgIpc) is 3.26. The lowest BCUT2D eigenvalue weighted by molar-refractivity contribution is -0.133. The summed E-state index contributed by atoms with van der Waals surface area (Å²) in [6.07, 6.45) is 6.68. The number of likely N-dealkylation sites (tertiary alicyclic amines) is 1. The van der Waals surface area contributed by atoms with Gasteiger partial charge in [-0.2, -0.15) is 0 Å². The van der Waals surface area contributed by atoms with Gasteiger partial charge >= 0.3 is 0 Å². The molecule has 0 bridgehead atoms. The molecule has 0 atom stereocenters. The van der Waals surface area contributed by atoms with Crippen molar-refractivity contribution < 1.29 is 23.5 Å². The predicted molar refractivity (Wildman–Crippen MR) is 120 cm³/mol. The predicted octanol–water partition coefficient (Wildman–Crippen LogP) is 2.09. The van der Waals surface area contributed by atoms with Crippen molar-refractivity contribution >= 4 is 17.7 Å². The first-order chi connectivity index (χ1) is 16.0. The van der Waals surface area contributed by atoms with Crippen LogP contribution in [0, 0.1) is 12.3 Å². The van der Waals surface area contributed by atoms with E-state index in [0.717, 1.165) is 0 Å². The minimum atomic E-state index is -0.629. The van der Waals surface area contributed by atoms with Crippen molar-refractivity contribution in [3.63, 3.8) is 0 Å². The number of piperidine rings is 1. The number of amides is 3. The van der Waals surface area contributed by atoms with Crippen LogP contribution in [-0.2, 0) is 4.79 Å². The standard InChI is InChI=1S/C24H28N4O5/c1-17-20(33-16-27-17)22(30)28-13-9-24(10-14-28)8-4-5-15-32-19-7-3-2-6-18(19)21(29)25-11-12-26-23(24)31/h2-7,16H,8-15H2,1H3,(H,25,29)(H,26,31)/b5-4+. The number of carbonyl (C=O) groups is 3. The third-order valence-electron chi connectivity index (χ3n) is 6.27. The minimum absolute atomic E-state index is 0.0669. The molecule has 0 aliphatic carbocycles. The van der Waals surface area contributed by atoms with Crippen molar-refractivity contribution in [3.05, 3.63) is 59.8 Å². The molecule has 1 saturated heterocycles. The maximum absolute atomic E-state index is 13.2. The van der Waals surface area contributed by atoms with Crippen molar-refractivity contribution in [2.24, 2.45) is 5.41 Å². The lowest BCUT2D eigenvalue weighted by Crippen LogP contribution is -2.51. The van der Waals surface area contributed by atoms with Gasteiger partial charge in [-0.15, -0.1) is 0 Å². The molecule has 3 amide bonds. The Kier molecular flexibility index (Phi) is 6.76. The fourth-order valence-corrected chi connectivity index (χ4v) is 4.24. The van der Waals surface area contributed by atoms with E-state index < -0.39 is 5.41 Å². The number of fused-ring (bicyclic) bond motifs is 1. The highest BCUT2D eigenvalue weighted by molar-refractivity contribution is 5.97. The number of rotatable bonds is 1. The van der Waals surface area contributed by atoms with Crippen LogP contribution in [0.3, 0.4) is 0 Å². The third-order valence-corrected chi connectivity index (χ3v) is 6.27. The van der Waals surface area contributed by atoms with E-state index in [0.29, 0.717) is 62.4 Å². The SMILES string of the molecule is Cc1ncoc1C(=O)N1CCC2(C/C=C/COc3ccccc3C(=O)NCCNC2=O)CC1. The molecule has 1 aromatic heterocycles. The fourth-order valence-electron chi connectivity index (χ4n) is 4.24. The molecule has 1 aromatic carbocycles. The van der Waals surface area contributed by atoms with Crippen molar-refractivity contribution in [1.29, 1.82) is 0 Å². The second-order valence-electron chi connectivity index (χ2n) is 8.33. The molecular formula is C24H28N4O5. The van der Waals surface area contributed by atoms with Crippen LogP contribution in [-0.4, -0.2) is 60.4 Å². The summed E-state index contributed by atoms with van der Waals surface area (Å²) >= 11 is 0. The maximum Gasteiger partial charge on any atom is 0.291 e. The Morgan fingerprint density at radius 3 is 2.61 bits per heavy atom. The Labute approximate surface area is 192 Å². The number of para-hydroxylation sites is 1. The van der Waals surface area contributed by atoms with E-state index in [1.54, 1.807) is 30.0 Å². The Hall–Kier alpha value is -3.62. The van der Waals surface area contributed by atoms with E-state index in [9.17, 15) is 14.4 Å². The van der Waals surface area contributed by atoms with Crippen molar-refractivity contribution in [2.75, 3.05) is 32.8 Å². The van der Waals surface area contributed by atoms with Crippen LogP contribution in [0.5, 0.6) is 5.75 Å². The summed E-state index contributed by atoms with van der Waals surface area (Å²) in [5, 5.41) is 5.80. The van der Waals surface area contributed by atoms with Gasteiger partial charge in [-0.25, -0.2) is 4.98 Å². The van der Waals surface area contributed by atoms with E-state index in [1.165, 1.54) is 6.39 Å². The fraction of sp³-hybridized carbons (Fsp3) is 0.417. The summed E-state index contributed by atoms with van der Waals surface area (Å²) in [5.41, 5.74) is 0.392. The monoisotopic (exact) mass is 452 g/mol. The molecule has 2 N–H and O–H groups in total. The quantitative estimate of drug-likeness (QED) is 0.641. The van der Waals surface area contributed by atoms with Crippen LogP contribution in [0.1, 0.15) is 45.9 Å². The number of benzene rings is 1. The summed E-state index contributed by atoms with van der Waals surface area (Å²) in [6.45, 7) is 3.54. The van der Waals surface area contributed by atoms with Crippen LogP contribution >= 0.6 is 0 Å². The molecule has 0 unspecified atom stereocenters. The molecule has 33 heavy (non-hydrogen) atoms. The average molecular weight is 453 g/mol. The third kappa shape index (κ3) is 4.92. The molecule has 0 saturated carbocycles. The lowest BCUT2D eigenvalue weighted by Gasteiger charge is -2.40. The molecule has 174 valence electrons. The first-order valence-electron chi connectivity index (χ1n) is 11.1. The number of oxazole rings is 1. The number of allylic oxidation sites excluding steroid dienone is 1. The number of carbonyl (C=O) groups excluding carboxylic acids is 3. The largest absolute Gasteiger partial charge is 0.489 e. The van der Waals surface area contributed by atoms with Crippen LogP contribution < -0.4 is 15.4 Å². The van der Waals surface area contributed by atoms with Gasteiger partial charge in [-0.05, 0) is 38.3 Å². The number of hydrogen-bond donors (Lipinski definition) is 2. The van der Waals surface area contributed by atoms with Crippen LogP contribution in [0.4, 0.5) is 0 Å².